The van der Waals surface area contributed by atoms with E-state index in [2.05, 4.69) is 20.3 Å². The van der Waals surface area contributed by atoms with Crippen molar-refractivity contribution in [3.63, 3.8) is 0 Å². The Labute approximate surface area is 186 Å². The SMILES string of the molecule is O=S(=O)(c1ccc(F)cc1F)N1CCN(c2ncnc3c2nnn3-c2cccc(F)c2)CC1. The van der Waals surface area contributed by atoms with Gasteiger partial charge in [0.15, 0.2) is 17.0 Å². The van der Waals surface area contributed by atoms with E-state index in [0.717, 1.165) is 16.4 Å². The van der Waals surface area contributed by atoms with Gasteiger partial charge in [0.1, 0.15) is 28.7 Å². The fraction of sp³-hybridized carbons (Fsp3) is 0.200. The van der Waals surface area contributed by atoms with Crippen LogP contribution >= 0.6 is 0 Å². The highest BCUT2D eigenvalue weighted by Gasteiger charge is 2.32. The Kier molecular flexibility index (Phi) is 5.21. The predicted molar refractivity (Wildman–Crippen MR) is 112 cm³/mol. The topological polar surface area (TPSA) is 97.1 Å². The van der Waals surface area contributed by atoms with Crippen molar-refractivity contribution in [2.24, 2.45) is 0 Å². The van der Waals surface area contributed by atoms with Crippen LogP contribution in [-0.2, 0) is 10.0 Å². The summed E-state index contributed by atoms with van der Waals surface area (Å²) in [5, 5.41) is 8.21. The Hall–Kier alpha value is -3.58. The Morgan fingerprint density at radius 2 is 1.64 bits per heavy atom. The molecule has 0 bridgehead atoms. The summed E-state index contributed by atoms with van der Waals surface area (Å²) in [5.41, 5.74) is 1.19. The van der Waals surface area contributed by atoms with E-state index in [0.29, 0.717) is 28.7 Å². The molecule has 0 aliphatic carbocycles. The maximum absolute atomic E-state index is 14.1. The maximum atomic E-state index is 14.1. The van der Waals surface area contributed by atoms with Crippen molar-refractivity contribution in [3.05, 3.63) is 66.2 Å². The molecule has 0 N–H and O–H groups in total. The molecule has 1 saturated heterocycles. The molecule has 170 valence electrons. The molecule has 4 aromatic rings. The number of hydrogen-bond acceptors (Lipinski definition) is 7. The zero-order chi connectivity index (χ0) is 23.2. The highest BCUT2D eigenvalue weighted by molar-refractivity contribution is 7.89. The number of fused-ring (bicyclic) bond motifs is 1. The standard InChI is InChI=1S/C20H16F3N7O2S/c21-13-2-1-3-15(10-13)30-20-18(26-27-30)19(24-12-25-20)28-6-8-29(9-7-28)33(31,32)17-5-4-14(22)11-16(17)23/h1-5,10-12H,6-9H2. The summed E-state index contributed by atoms with van der Waals surface area (Å²) >= 11 is 0. The van der Waals surface area contributed by atoms with Gasteiger partial charge in [0.25, 0.3) is 0 Å². The van der Waals surface area contributed by atoms with Crippen LogP contribution in [-0.4, -0.2) is 63.9 Å². The maximum Gasteiger partial charge on any atom is 0.246 e. The van der Waals surface area contributed by atoms with Gasteiger partial charge in [-0.25, -0.2) is 31.6 Å². The summed E-state index contributed by atoms with van der Waals surface area (Å²) < 4.78 is 69.1. The first-order chi connectivity index (χ1) is 15.8. The number of halogens is 3. The number of piperazine rings is 1. The van der Waals surface area contributed by atoms with Gasteiger partial charge in [-0.2, -0.15) is 8.99 Å². The lowest BCUT2D eigenvalue weighted by molar-refractivity contribution is 0.381. The smallest absolute Gasteiger partial charge is 0.246 e. The van der Waals surface area contributed by atoms with Crippen molar-refractivity contribution in [1.82, 2.24) is 29.3 Å². The van der Waals surface area contributed by atoms with Gasteiger partial charge in [-0.3, -0.25) is 0 Å². The average Bonchev–Trinajstić information content (AvgIpc) is 3.23. The van der Waals surface area contributed by atoms with Gasteiger partial charge in [0.2, 0.25) is 10.0 Å². The second kappa shape index (κ2) is 8.08. The minimum Gasteiger partial charge on any atom is -0.352 e. The van der Waals surface area contributed by atoms with Gasteiger partial charge in [0, 0.05) is 32.2 Å². The van der Waals surface area contributed by atoms with E-state index in [1.807, 2.05) is 4.90 Å². The van der Waals surface area contributed by atoms with Crippen LogP contribution in [0.4, 0.5) is 19.0 Å². The quantitative estimate of drug-likeness (QED) is 0.446. The van der Waals surface area contributed by atoms with Crippen LogP contribution in [0.25, 0.3) is 16.9 Å². The van der Waals surface area contributed by atoms with Gasteiger partial charge in [-0.15, -0.1) is 5.10 Å². The molecule has 9 nitrogen and oxygen atoms in total. The lowest BCUT2D eigenvalue weighted by Gasteiger charge is -2.34. The molecule has 3 heterocycles. The van der Waals surface area contributed by atoms with Crippen LogP contribution < -0.4 is 4.90 Å². The number of aromatic nitrogens is 5. The molecule has 0 saturated carbocycles. The molecular weight excluding hydrogens is 459 g/mol. The molecule has 5 rings (SSSR count). The first kappa shape index (κ1) is 21.3. The van der Waals surface area contributed by atoms with Crippen molar-refractivity contribution < 1.29 is 21.6 Å². The third-order valence-corrected chi connectivity index (χ3v) is 7.25. The van der Waals surface area contributed by atoms with E-state index >= 15 is 0 Å². The molecule has 33 heavy (non-hydrogen) atoms. The molecule has 0 amide bonds. The predicted octanol–water partition coefficient (Wildman–Crippen LogP) is 2.14. The molecule has 2 aromatic heterocycles. The van der Waals surface area contributed by atoms with Crippen molar-refractivity contribution in [3.8, 4) is 5.69 Å². The third-order valence-electron chi connectivity index (χ3n) is 5.32. The lowest BCUT2D eigenvalue weighted by Crippen LogP contribution is -2.49. The van der Waals surface area contributed by atoms with Crippen LogP contribution in [0.1, 0.15) is 0 Å². The van der Waals surface area contributed by atoms with Crippen LogP contribution in [0.15, 0.2) is 53.7 Å². The number of anilines is 1. The van der Waals surface area contributed by atoms with Gasteiger partial charge >= 0.3 is 0 Å². The summed E-state index contributed by atoms with van der Waals surface area (Å²) in [6.45, 7) is 0.618. The first-order valence-corrected chi connectivity index (χ1v) is 11.3. The Morgan fingerprint density at radius 1 is 0.879 bits per heavy atom. The van der Waals surface area contributed by atoms with Crippen LogP contribution in [0.2, 0.25) is 0 Å². The van der Waals surface area contributed by atoms with E-state index in [9.17, 15) is 21.6 Å². The Morgan fingerprint density at radius 3 is 2.36 bits per heavy atom. The normalized spacial score (nSPS) is 15.3. The molecule has 1 fully saturated rings. The monoisotopic (exact) mass is 475 g/mol. The number of sulfonamides is 1. The molecule has 2 aromatic carbocycles. The third kappa shape index (κ3) is 3.78. The summed E-state index contributed by atoms with van der Waals surface area (Å²) in [6.07, 6.45) is 1.33. The van der Waals surface area contributed by atoms with Crippen molar-refractivity contribution >= 4 is 27.0 Å². The number of hydrogen-bond donors (Lipinski definition) is 0. The second-order valence-electron chi connectivity index (χ2n) is 7.32. The molecule has 0 atom stereocenters. The zero-order valence-electron chi connectivity index (χ0n) is 16.9. The summed E-state index contributed by atoms with van der Waals surface area (Å²) in [5.74, 6) is -1.97. The molecule has 1 aliphatic heterocycles. The number of rotatable bonds is 4. The Balaban J connectivity index is 1.40. The largest absolute Gasteiger partial charge is 0.352 e. The van der Waals surface area contributed by atoms with E-state index in [1.165, 1.54) is 23.1 Å². The molecule has 1 aliphatic rings. The van der Waals surface area contributed by atoms with E-state index in [1.54, 1.807) is 12.1 Å². The van der Waals surface area contributed by atoms with Crippen molar-refractivity contribution in [2.75, 3.05) is 31.1 Å². The van der Waals surface area contributed by atoms with Gasteiger partial charge in [0.05, 0.1) is 5.69 Å². The van der Waals surface area contributed by atoms with Crippen molar-refractivity contribution in [2.45, 2.75) is 4.90 Å². The fourth-order valence-corrected chi connectivity index (χ4v) is 5.18. The molecule has 0 spiro atoms. The van der Waals surface area contributed by atoms with Crippen LogP contribution in [0, 0.1) is 17.5 Å². The lowest BCUT2D eigenvalue weighted by atomic mass is 10.3. The molecule has 13 heteroatoms. The second-order valence-corrected chi connectivity index (χ2v) is 9.22. The molecule has 0 unspecified atom stereocenters. The summed E-state index contributed by atoms with van der Waals surface area (Å²) in [4.78, 5) is 9.74. The van der Waals surface area contributed by atoms with Gasteiger partial charge in [-0.05, 0) is 30.3 Å². The molecular formula is C20H16F3N7O2S. The van der Waals surface area contributed by atoms with E-state index in [-0.39, 0.29) is 26.2 Å². The van der Waals surface area contributed by atoms with E-state index < -0.39 is 32.4 Å². The zero-order valence-corrected chi connectivity index (χ0v) is 17.8. The average molecular weight is 475 g/mol. The van der Waals surface area contributed by atoms with Crippen molar-refractivity contribution in [1.29, 1.82) is 0 Å². The van der Waals surface area contributed by atoms with Gasteiger partial charge < -0.3 is 4.90 Å². The highest BCUT2D eigenvalue weighted by atomic mass is 32.2. The Bertz CT molecular complexity index is 1450. The van der Waals surface area contributed by atoms with E-state index in [4.69, 9.17) is 0 Å². The van der Waals surface area contributed by atoms with Crippen LogP contribution in [0.3, 0.4) is 0 Å². The highest BCUT2D eigenvalue weighted by Crippen LogP contribution is 2.26. The molecule has 0 radical (unpaired) electrons. The summed E-state index contributed by atoms with van der Waals surface area (Å²) in [6, 6.07) is 8.20. The number of benzene rings is 2. The fourth-order valence-electron chi connectivity index (χ4n) is 3.71. The van der Waals surface area contributed by atoms with Gasteiger partial charge in [-0.1, -0.05) is 11.3 Å². The first-order valence-electron chi connectivity index (χ1n) is 9.87. The minimum absolute atomic E-state index is 0.0582. The van der Waals surface area contributed by atoms with Crippen LogP contribution in [0.5, 0.6) is 0 Å². The minimum atomic E-state index is -4.13. The summed E-state index contributed by atoms with van der Waals surface area (Å²) in [7, 11) is -4.13. The number of nitrogens with zero attached hydrogens (tertiary/aromatic N) is 7.